The van der Waals surface area contributed by atoms with Crippen LogP contribution in [0.1, 0.15) is 39.2 Å². The average molecular weight is 203 g/mol. The van der Waals surface area contributed by atoms with Gasteiger partial charge in [-0.25, -0.2) is 0 Å². The van der Waals surface area contributed by atoms with Gasteiger partial charge in [0.05, 0.1) is 0 Å². The van der Waals surface area contributed by atoms with Crippen molar-refractivity contribution < 1.29 is 0 Å². The van der Waals surface area contributed by atoms with Crippen LogP contribution in [-0.4, -0.2) is 6.04 Å². The van der Waals surface area contributed by atoms with E-state index >= 15 is 0 Å². The zero-order chi connectivity index (χ0) is 10.9. The molecule has 1 heteroatoms. The highest BCUT2D eigenvalue weighted by Crippen LogP contribution is 2.35. The summed E-state index contributed by atoms with van der Waals surface area (Å²) in [5, 5.41) is 3.69. The second-order valence-electron chi connectivity index (χ2n) is 5.23. The van der Waals surface area contributed by atoms with E-state index in [1.165, 1.54) is 30.5 Å². The van der Waals surface area contributed by atoms with Crippen LogP contribution in [0, 0.1) is 5.41 Å². The fourth-order valence-electron chi connectivity index (χ4n) is 2.27. The quantitative estimate of drug-likeness (QED) is 0.770. The van der Waals surface area contributed by atoms with Crippen LogP contribution < -0.4 is 5.32 Å². The number of fused-ring (bicyclic) bond motifs is 1. The van der Waals surface area contributed by atoms with Crippen molar-refractivity contribution in [3.8, 4) is 0 Å². The van der Waals surface area contributed by atoms with E-state index < -0.39 is 0 Å². The molecule has 0 amide bonds. The van der Waals surface area contributed by atoms with Crippen molar-refractivity contribution in [2.45, 2.75) is 46.1 Å². The smallest absolute Gasteiger partial charge is 0.0375 e. The summed E-state index contributed by atoms with van der Waals surface area (Å²) in [4.78, 5) is 0. The van der Waals surface area contributed by atoms with Gasteiger partial charge in [0.1, 0.15) is 0 Å². The third-order valence-corrected chi connectivity index (χ3v) is 3.90. The first-order chi connectivity index (χ1) is 7.13. The molecule has 0 bridgehead atoms. The zero-order valence-electron chi connectivity index (χ0n) is 10.0. The van der Waals surface area contributed by atoms with Crippen LogP contribution in [-0.2, 0) is 6.42 Å². The Morgan fingerprint density at radius 3 is 2.80 bits per heavy atom. The summed E-state index contributed by atoms with van der Waals surface area (Å²) in [5.41, 5.74) is 3.21. The van der Waals surface area contributed by atoms with Crippen molar-refractivity contribution in [1.29, 1.82) is 0 Å². The van der Waals surface area contributed by atoms with Gasteiger partial charge >= 0.3 is 0 Å². The molecule has 1 N–H and O–H groups in total. The highest BCUT2D eigenvalue weighted by atomic mass is 14.9. The number of rotatable bonds is 2. The minimum absolute atomic E-state index is 0.396. The van der Waals surface area contributed by atoms with E-state index in [1.54, 1.807) is 0 Å². The number of para-hydroxylation sites is 1. The molecule has 0 spiro atoms. The predicted octanol–water partition coefficient (Wildman–Crippen LogP) is 3.85. The van der Waals surface area contributed by atoms with E-state index in [1.807, 2.05) is 0 Å². The average Bonchev–Trinajstić information content (AvgIpc) is 2.28. The molecule has 82 valence electrons. The SMILES string of the molecule is CCC(C)(C)C1CCc2ccccc2N1. The van der Waals surface area contributed by atoms with Gasteiger partial charge in [-0.2, -0.15) is 0 Å². The van der Waals surface area contributed by atoms with E-state index in [0.29, 0.717) is 11.5 Å². The molecule has 1 nitrogen and oxygen atoms in total. The lowest BCUT2D eigenvalue weighted by molar-refractivity contribution is 0.276. The van der Waals surface area contributed by atoms with Crippen LogP contribution >= 0.6 is 0 Å². The Bertz CT molecular complexity index is 341. The Balaban J connectivity index is 2.19. The van der Waals surface area contributed by atoms with Crippen LogP contribution in [0.2, 0.25) is 0 Å². The maximum Gasteiger partial charge on any atom is 0.0375 e. The molecule has 1 aliphatic rings. The van der Waals surface area contributed by atoms with E-state index in [0.717, 1.165) is 0 Å². The van der Waals surface area contributed by atoms with Crippen LogP contribution in [0.4, 0.5) is 5.69 Å². The highest BCUT2D eigenvalue weighted by molar-refractivity contribution is 5.54. The number of benzene rings is 1. The number of aryl methyl sites for hydroxylation is 1. The summed E-state index contributed by atoms with van der Waals surface area (Å²) < 4.78 is 0. The molecule has 1 aromatic carbocycles. The van der Waals surface area contributed by atoms with Gasteiger partial charge in [-0.05, 0) is 36.3 Å². The van der Waals surface area contributed by atoms with E-state index in [-0.39, 0.29) is 0 Å². The molecule has 0 radical (unpaired) electrons. The molecule has 0 aliphatic carbocycles. The molecule has 0 fully saturated rings. The van der Waals surface area contributed by atoms with E-state index in [4.69, 9.17) is 0 Å². The summed E-state index contributed by atoms with van der Waals surface area (Å²) in [6, 6.07) is 9.31. The molecule has 1 heterocycles. The van der Waals surface area contributed by atoms with Gasteiger partial charge in [0.2, 0.25) is 0 Å². The minimum atomic E-state index is 0.396. The Labute approximate surface area is 92.9 Å². The minimum Gasteiger partial charge on any atom is -0.382 e. The maximum atomic E-state index is 3.69. The van der Waals surface area contributed by atoms with Crippen LogP contribution in [0.25, 0.3) is 0 Å². The number of hydrogen-bond donors (Lipinski definition) is 1. The first-order valence-electron chi connectivity index (χ1n) is 5.98. The van der Waals surface area contributed by atoms with Gasteiger partial charge in [0.15, 0.2) is 0 Å². The Morgan fingerprint density at radius 2 is 2.07 bits per heavy atom. The monoisotopic (exact) mass is 203 g/mol. The second kappa shape index (κ2) is 3.88. The molecule has 0 saturated heterocycles. The third kappa shape index (κ3) is 2.01. The van der Waals surface area contributed by atoms with Crippen LogP contribution in [0.3, 0.4) is 0 Å². The summed E-state index contributed by atoms with van der Waals surface area (Å²) in [5.74, 6) is 0. The molecular weight excluding hydrogens is 182 g/mol. The summed E-state index contributed by atoms with van der Waals surface area (Å²) in [7, 11) is 0. The van der Waals surface area contributed by atoms with Gasteiger partial charge in [-0.3, -0.25) is 0 Å². The fraction of sp³-hybridized carbons (Fsp3) is 0.571. The molecule has 1 atom stereocenters. The van der Waals surface area contributed by atoms with Gasteiger partial charge < -0.3 is 5.32 Å². The number of anilines is 1. The van der Waals surface area contributed by atoms with Crippen molar-refractivity contribution >= 4 is 5.69 Å². The Morgan fingerprint density at radius 1 is 1.33 bits per heavy atom. The van der Waals surface area contributed by atoms with E-state index in [9.17, 15) is 0 Å². The van der Waals surface area contributed by atoms with Gasteiger partial charge in [0, 0.05) is 11.7 Å². The van der Waals surface area contributed by atoms with Crippen molar-refractivity contribution in [2.24, 2.45) is 5.41 Å². The molecule has 0 saturated carbocycles. The van der Waals surface area contributed by atoms with Gasteiger partial charge in [0.25, 0.3) is 0 Å². The predicted molar refractivity (Wildman–Crippen MR) is 66.2 cm³/mol. The van der Waals surface area contributed by atoms with Gasteiger partial charge in [-0.15, -0.1) is 0 Å². The largest absolute Gasteiger partial charge is 0.382 e. The lowest BCUT2D eigenvalue weighted by Gasteiger charge is -2.38. The van der Waals surface area contributed by atoms with Crippen LogP contribution in [0.15, 0.2) is 24.3 Å². The van der Waals surface area contributed by atoms with Gasteiger partial charge in [-0.1, -0.05) is 39.0 Å². The first kappa shape index (κ1) is 10.5. The molecule has 1 unspecified atom stereocenters. The Kier molecular flexibility index (Phi) is 2.72. The molecular formula is C14H21N. The second-order valence-corrected chi connectivity index (χ2v) is 5.23. The lowest BCUT2D eigenvalue weighted by Crippen LogP contribution is -2.38. The van der Waals surface area contributed by atoms with Crippen molar-refractivity contribution in [2.75, 3.05) is 5.32 Å². The fourth-order valence-corrected chi connectivity index (χ4v) is 2.27. The summed E-state index contributed by atoms with van der Waals surface area (Å²) in [6.07, 6.45) is 3.71. The normalized spacial score (nSPS) is 20.6. The van der Waals surface area contributed by atoms with E-state index in [2.05, 4.69) is 50.4 Å². The standard InChI is InChI=1S/C14H21N/c1-4-14(2,3)13-10-9-11-7-5-6-8-12(11)15-13/h5-8,13,15H,4,9-10H2,1-3H3. The van der Waals surface area contributed by atoms with Crippen molar-refractivity contribution in [1.82, 2.24) is 0 Å². The highest BCUT2D eigenvalue weighted by Gasteiger charge is 2.30. The molecule has 1 aliphatic heterocycles. The van der Waals surface area contributed by atoms with Crippen LogP contribution in [0.5, 0.6) is 0 Å². The topological polar surface area (TPSA) is 12.0 Å². The lowest BCUT2D eigenvalue weighted by atomic mass is 9.77. The first-order valence-corrected chi connectivity index (χ1v) is 5.98. The van der Waals surface area contributed by atoms with Crippen molar-refractivity contribution in [3.05, 3.63) is 29.8 Å². The number of hydrogen-bond acceptors (Lipinski definition) is 1. The zero-order valence-corrected chi connectivity index (χ0v) is 10.0. The summed E-state index contributed by atoms with van der Waals surface area (Å²) in [6.45, 7) is 7.00. The molecule has 2 rings (SSSR count). The number of nitrogens with one attached hydrogen (secondary N) is 1. The summed E-state index contributed by atoms with van der Waals surface area (Å²) >= 11 is 0. The molecule has 15 heavy (non-hydrogen) atoms. The third-order valence-electron chi connectivity index (χ3n) is 3.90. The maximum absolute atomic E-state index is 3.69. The molecule has 1 aromatic rings. The van der Waals surface area contributed by atoms with Crippen molar-refractivity contribution in [3.63, 3.8) is 0 Å². The Hall–Kier alpha value is -0.980. The molecule has 0 aromatic heterocycles.